The first kappa shape index (κ1) is 29.7. The van der Waals surface area contributed by atoms with E-state index in [2.05, 4.69) is 63.6 Å². The molecule has 0 saturated heterocycles. The number of benzene rings is 1. The van der Waals surface area contributed by atoms with Gasteiger partial charge < -0.3 is 16.0 Å². The number of hydrogen-bond acceptors (Lipinski definition) is 3. The number of amides is 3. The maximum atomic E-state index is 12.8. The summed E-state index contributed by atoms with van der Waals surface area (Å²) in [6.07, 6.45) is 6.28. The van der Waals surface area contributed by atoms with Gasteiger partial charge in [-0.3, -0.25) is 14.4 Å². The quantitative estimate of drug-likeness (QED) is 0.353. The zero-order valence-corrected chi connectivity index (χ0v) is 22.5. The van der Waals surface area contributed by atoms with E-state index in [0.717, 1.165) is 44.1 Å². The monoisotopic (exact) mass is 473 g/mol. The largest absolute Gasteiger partial charge is 0.359 e. The number of carbonyl (C=O) groups is 3. The van der Waals surface area contributed by atoms with E-state index in [9.17, 15) is 14.4 Å². The van der Waals surface area contributed by atoms with Crippen LogP contribution in [0.5, 0.6) is 0 Å². The Morgan fingerprint density at radius 2 is 1.12 bits per heavy atom. The molecule has 0 atom stereocenters. The first-order valence-corrected chi connectivity index (χ1v) is 12.8. The third-order valence-corrected chi connectivity index (χ3v) is 5.98. The average molecular weight is 474 g/mol. The van der Waals surface area contributed by atoms with E-state index in [1.54, 1.807) is 7.05 Å². The molecule has 0 aliphatic carbocycles. The lowest BCUT2D eigenvalue weighted by Crippen LogP contribution is -2.26. The topological polar surface area (TPSA) is 87.3 Å². The summed E-state index contributed by atoms with van der Waals surface area (Å²) < 4.78 is 0. The van der Waals surface area contributed by atoms with E-state index in [1.807, 2.05) is 12.1 Å². The Balaban J connectivity index is 2.29. The zero-order chi connectivity index (χ0) is 25.8. The van der Waals surface area contributed by atoms with Crippen LogP contribution >= 0.6 is 0 Å². The van der Waals surface area contributed by atoms with Crippen molar-refractivity contribution in [3.8, 4) is 0 Å². The molecule has 0 aromatic heterocycles. The van der Waals surface area contributed by atoms with Crippen LogP contribution in [0, 0.1) is 0 Å². The SMILES string of the molecule is CNC(=O)CCCCC(=O)NCCCCCCNC(=O)c1cc(C(C)(C)C)cc(C(C)(C)C)c1. The van der Waals surface area contributed by atoms with Crippen molar-refractivity contribution in [2.24, 2.45) is 0 Å². The number of unbranched alkanes of at least 4 members (excludes halogenated alkanes) is 4. The van der Waals surface area contributed by atoms with Crippen LogP contribution in [0.15, 0.2) is 18.2 Å². The van der Waals surface area contributed by atoms with Crippen LogP contribution < -0.4 is 16.0 Å². The third kappa shape index (κ3) is 11.7. The highest BCUT2D eigenvalue weighted by atomic mass is 16.2. The van der Waals surface area contributed by atoms with Gasteiger partial charge in [0.25, 0.3) is 5.91 Å². The van der Waals surface area contributed by atoms with Crippen molar-refractivity contribution in [3.63, 3.8) is 0 Å². The second kappa shape index (κ2) is 14.1. The second-order valence-electron chi connectivity index (χ2n) is 11.2. The molecule has 0 aliphatic rings. The maximum Gasteiger partial charge on any atom is 0.251 e. The van der Waals surface area contributed by atoms with Crippen molar-refractivity contribution >= 4 is 17.7 Å². The Labute approximate surface area is 207 Å². The van der Waals surface area contributed by atoms with Gasteiger partial charge in [-0.15, -0.1) is 0 Å². The van der Waals surface area contributed by atoms with Gasteiger partial charge in [0.05, 0.1) is 0 Å². The van der Waals surface area contributed by atoms with Crippen molar-refractivity contribution in [3.05, 3.63) is 34.9 Å². The second-order valence-corrected chi connectivity index (χ2v) is 11.2. The smallest absolute Gasteiger partial charge is 0.251 e. The Morgan fingerprint density at radius 3 is 1.59 bits per heavy atom. The summed E-state index contributed by atoms with van der Waals surface area (Å²) in [4.78, 5) is 35.8. The standard InChI is InChI=1S/C28H47N3O3/c1-27(2,3)22-18-21(19-23(20-22)28(4,5)6)26(34)31-17-13-9-8-12-16-30-25(33)15-11-10-14-24(32)29-7/h18-20H,8-17H2,1-7H3,(H,29,32)(H,30,33)(H,31,34). The van der Waals surface area contributed by atoms with Crippen molar-refractivity contribution in [1.82, 2.24) is 16.0 Å². The van der Waals surface area contributed by atoms with Crippen LogP contribution in [0.25, 0.3) is 0 Å². The van der Waals surface area contributed by atoms with Crippen molar-refractivity contribution in [1.29, 1.82) is 0 Å². The zero-order valence-electron chi connectivity index (χ0n) is 22.5. The lowest BCUT2D eigenvalue weighted by atomic mass is 9.79. The highest BCUT2D eigenvalue weighted by Crippen LogP contribution is 2.30. The minimum Gasteiger partial charge on any atom is -0.359 e. The molecular weight excluding hydrogens is 426 g/mol. The molecule has 0 saturated carbocycles. The summed E-state index contributed by atoms with van der Waals surface area (Å²) in [5.41, 5.74) is 3.06. The number of hydrogen-bond donors (Lipinski definition) is 3. The Morgan fingerprint density at radius 1 is 0.647 bits per heavy atom. The molecule has 3 amide bonds. The molecule has 0 spiro atoms. The predicted molar refractivity (Wildman–Crippen MR) is 140 cm³/mol. The third-order valence-electron chi connectivity index (χ3n) is 5.98. The van der Waals surface area contributed by atoms with Gasteiger partial charge in [-0.05, 0) is 59.8 Å². The average Bonchev–Trinajstić information content (AvgIpc) is 2.76. The van der Waals surface area contributed by atoms with Crippen molar-refractivity contribution in [2.45, 2.75) is 104 Å². The minimum absolute atomic E-state index is 0.0136. The van der Waals surface area contributed by atoms with Gasteiger partial charge in [0.15, 0.2) is 0 Å². The van der Waals surface area contributed by atoms with Crippen LogP contribution in [-0.4, -0.2) is 37.9 Å². The molecule has 1 rings (SSSR count). The highest BCUT2D eigenvalue weighted by molar-refractivity contribution is 5.94. The van der Waals surface area contributed by atoms with Crippen molar-refractivity contribution < 1.29 is 14.4 Å². The van der Waals surface area contributed by atoms with Gasteiger partial charge in [0.1, 0.15) is 0 Å². The molecule has 1 aromatic rings. The Hall–Kier alpha value is -2.37. The van der Waals surface area contributed by atoms with E-state index < -0.39 is 0 Å². The lowest BCUT2D eigenvalue weighted by Gasteiger charge is -2.26. The van der Waals surface area contributed by atoms with E-state index in [1.165, 1.54) is 11.1 Å². The number of carbonyl (C=O) groups excluding carboxylic acids is 3. The van der Waals surface area contributed by atoms with Crippen LogP contribution in [0.4, 0.5) is 0 Å². The minimum atomic E-state index is -0.0166. The fraction of sp³-hybridized carbons (Fsp3) is 0.679. The number of rotatable bonds is 13. The van der Waals surface area contributed by atoms with Gasteiger partial charge in [0.2, 0.25) is 11.8 Å². The molecule has 0 radical (unpaired) electrons. The summed E-state index contributed by atoms with van der Waals surface area (Å²) in [5.74, 6) is 0.0567. The Bertz CT molecular complexity index is 772. The van der Waals surface area contributed by atoms with Crippen molar-refractivity contribution in [2.75, 3.05) is 20.1 Å². The molecule has 0 unspecified atom stereocenters. The van der Waals surface area contributed by atoms with Gasteiger partial charge in [-0.1, -0.05) is 60.5 Å². The fourth-order valence-electron chi connectivity index (χ4n) is 3.54. The van der Waals surface area contributed by atoms with E-state index in [4.69, 9.17) is 0 Å². The molecule has 1 aromatic carbocycles. The first-order chi connectivity index (χ1) is 15.8. The molecule has 6 heteroatoms. The molecule has 0 bridgehead atoms. The van der Waals surface area contributed by atoms with E-state index in [0.29, 0.717) is 25.9 Å². The summed E-state index contributed by atoms with van der Waals surface area (Å²) in [6, 6.07) is 6.26. The summed E-state index contributed by atoms with van der Waals surface area (Å²) in [7, 11) is 1.62. The summed E-state index contributed by atoms with van der Waals surface area (Å²) in [6.45, 7) is 14.4. The Kier molecular flexibility index (Phi) is 12.3. The molecular formula is C28H47N3O3. The van der Waals surface area contributed by atoms with Gasteiger partial charge in [-0.2, -0.15) is 0 Å². The van der Waals surface area contributed by atoms with Crippen LogP contribution in [-0.2, 0) is 20.4 Å². The molecule has 0 fully saturated rings. The highest BCUT2D eigenvalue weighted by Gasteiger charge is 2.22. The van der Waals surface area contributed by atoms with Gasteiger partial charge >= 0.3 is 0 Å². The summed E-state index contributed by atoms with van der Waals surface area (Å²) >= 11 is 0. The van der Waals surface area contributed by atoms with E-state index >= 15 is 0 Å². The van der Waals surface area contributed by atoms with Crippen LogP contribution in [0.1, 0.15) is 114 Å². The van der Waals surface area contributed by atoms with E-state index in [-0.39, 0.29) is 28.6 Å². The molecule has 6 nitrogen and oxygen atoms in total. The van der Waals surface area contributed by atoms with Crippen LogP contribution in [0.2, 0.25) is 0 Å². The maximum absolute atomic E-state index is 12.8. The lowest BCUT2D eigenvalue weighted by molar-refractivity contribution is -0.122. The molecule has 0 aliphatic heterocycles. The molecule has 192 valence electrons. The fourth-order valence-corrected chi connectivity index (χ4v) is 3.54. The van der Waals surface area contributed by atoms with Gasteiger partial charge in [0, 0.05) is 38.5 Å². The first-order valence-electron chi connectivity index (χ1n) is 12.8. The predicted octanol–water partition coefficient (Wildman–Crippen LogP) is 4.99. The molecule has 34 heavy (non-hydrogen) atoms. The van der Waals surface area contributed by atoms with Gasteiger partial charge in [-0.25, -0.2) is 0 Å². The van der Waals surface area contributed by atoms with Crippen LogP contribution in [0.3, 0.4) is 0 Å². The molecule has 0 heterocycles. The summed E-state index contributed by atoms with van der Waals surface area (Å²) in [5, 5.41) is 8.59. The normalized spacial score (nSPS) is 11.7. The number of nitrogens with one attached hydrogen (secondary N) is 3. The molecule has 3 N–H and O–H groups in total.